The first-order valence-electron chi connectivity index (χ1n) is 7.79. The second-order valence-corrected chi connectivity index (χ2v) is 6.64. The molecule has 1 aromatic carbocycles. The lowest BCUT2D eigenvalue weighted by atomic mass is 9.87. The zero-order valence-electron chi connectivity index (χ0n) is 13.8. The molecule has 0 saturated heterocycles. The number of nitrogens with zero attached hydrogens (tertiary/aromatic N) is 1. The van der Waals surface area contributed by atoms with Gasteiger partial charge in [0.2, 0.25) is 0 Å². The zero-order valence-corrected chi connectivity index (χ0v) is 15.4. The molecule has 0 aromatic heterocycles. The summed E-state index contributed by atoms with van der Waals surface area (Å²) in [7, 11) is 0. The van der Waals surface area contributed by atoms with Crippen LogP contribution in [0.4, 0.5) is 0 Å². The second kappa shape index (κ2) is 8.38. The van der Waals surface area contributed by atoms with Gasteiger partial charge in [0.15, 0.2) is 0 Å². The summed E-state index contributed by atoms with van der Waals surface area (Å²) in [6.45, 7) is 14.2. The number of nitrogens with one attached hydrogen (secondary N) is 1. The lowest BCUT2D eigenvalue weighted by Gasteiger charge is -2.44. The van der Waals surface area contributed by atoms with Crippen molar-refractivity contribution in [3.63, 3.8) is 0 Å². The van der Waals surface area contributed by atoms with E-state index in [0.717, 1.165) is 31.6 Å². The van der Waals surface area contributed by atoms with Gasteiger partial charge in [-0.2, -0.15) is 0 Å². The zero-order chi connectivity index (χ0) is 16.0. The van der Waals surface area contributed by atoms with Crippen LogP contribution in [-0.2, 0) is 6.42 Å². The summed E-state index contributed by atoms with van der Waals surface area (Å²) in [4.78, 5) is 2.48. The van der Waals surface area contributed by atoms with E-state index in [-0.39, 0.29) is 5.54 Å². The van der Waals surface area contributed by atoms with Crippen LogP contribution in [0.1, 0.15) is 40.2 Å². The van der Waals surface area contributed by atoms with Crippen LogP contribution in [0.15, 0.2) is 18.2 Å². The molecule has 1 unspecified atom stereocenters. The maximum atomic E-state index is 6.36. The molecule has 0 spiro atoms. The molecule has 2 nitrogen and oxygen atoms in total. The molecule has 0 heterocycles. The molecule has 4 heteroatoms. The third-order valence-electron chi connectivity index (χ3n) is 4.34. The Morgan fingerprint density at radius 1 is 1.14 bits per heavy atom. The van der Waals surface area contributed by atoms with Gasteiger partial charge in [0.1, 0.15) is 0 Å². The smallest absolute Gasteiger partial charge is 0.0624 e. The Morgan fingerprint density at radius 3 is 2.29 bits per heavy atom. The van der Waals surface area contributed by atoms with Gasteiger partial charge in [-0.15, -0.1) is 0 Å². The van der Waals surface area contributed by atoms with E-state index < -0.39 is 0 Å². The lowest BCUT2D eigenvalue weighted by molar-refractivity contribution is 0.0918. The SMILES string of the molecule is CCNC(Cc1cccc(Cl)c1Cl)C(C)(C)N(CC)CC. The first-order chi connectivity index (χ1) is 9.88. The number of halogens is 2. The predicted molar refractivity (Wildman–Crippen MR) is 94.6 cm³/mol. The fourth-order valence-corrected chi connectivity index (χ4v) is 3.40. The van der Waals surface area contributed by atoms with Crippen molar-refractivity contribution in [3.05, 3.63) is 33.8 Å². The van der Waals surface area contributed by atoms with Gasteiger partial charge in [0, 0.05) is 11.6 Å². The van der Waals surface area contributed by atoms with Gasteiger partial charge >= 0.3 is 0 Å². The highest BCUT2D eigenvalue weighted by atomic mass is 35.5. The van der Waals surface area contributed by atoms with Crippen LogP contribution < -0.4 is 5.32 Å². The maximum absolute atomic E-state index is 6.36. The summed E-state index contributed by atoms with van der Waals surface area (Å²) < 4.78 is 0. The van der Waals surface area contributed by atoms with Crippen LogP contribution >= 0.6 is 23.2 Å². The molecular weight excluding hydrogens is 303 g/mol. The summed E-state index contributed by atoms with van der Waals surface area (Å²) in [6.07, 6.45) is 0.872. The van der Waals surface area contributed by atoms with Crippen LogP contribution in [0.2, 0.25) is 10.0 Å². The van der Waals surface area contributed by atoms with Gasteiger partial charge in [-0.3, -0.25) is 4.90 Å². The van der Waals surface area contributed by atoms with Gasteiger partial charge in [-0.05, 0) is 51.5 Å². The molecule has 0 fully saturated rings. The first-order valence-corrected chi connectivity index (χ1v) is 8.55. The maximum Gasteiger partial charge on any atom is 0.0624 e. The number of hydrogen-bond donors (Lipinski definition) is 1. The van der Waals surface area contributed by atoms with Gasteiger partial charge in [0.25, 0.3) is 0 Å². The molecule has 0 aliphatic rings. The number of hydrogen-bond acceptors (Lipinski definition) is 2. The highest BCUT2D eigenvalue weighted by Gasteiger charge is 2.33. The fraction of sp³-hybridized carbons (Fsp3) is 0.647. The molecule has 1 atom stereocenters. The van der Waals surface area contributed by atoms with Crippen molar-refractivity contribution in [3.8, 4) is 0 Å². The van der Waals surface area contributed by atoms with Gasteiger partial charge in [-0.1, -0.05) is 56.1 Å². The normalized spacial score (nSPS) is 13.7. The Kier molecular flexibility index (Phi) is 7.49. The topological polar surface area (TPSA) is 15.3 Å². The molecule has 0 aliphatic heterocycles. The Balaban J connectivity index is 3.04. The molecular formula is C17H28Cl2N2. The van der Waals surface area contributed by atoms with Crippen molar-refractivity contribution in [1.82, 2.24) is 10.2 Å². The van der Waals surface area contributed by atoms with Crippen molar-refractivity contribution < 1.29 is 0 Å². The molecule has 1 rings (SSSR count). The molecule has 0 aliphatic carbocycles. The van der Waals surface area contributed by atoms with Gasteiger partial charge in [0.05, 0.1) is 10.0 Å². The van der Waals surface area contributed by atoms with E-state index in [9.17, 15) is 0 Å². The summed E-state index contributed by atoms with van der Waals surface area (Å²) in [5.41, 5.74) is 1.15. The number of rotatable bonds is 8. The van der Waals surface area contributed by atoms with Crippen molar-refractivity contribution in [1.29, 1.82) is 0 Å². The van der Waals surface area contributed by atoms with E-state index in [2.05, 4.69) is 50.9 Å². The summed E-state index contributed by atoms with van der Waals surface area (Å²) in [5.74, 6) is 0. The molecule has 0 amide bonds. The molecule has 21 heavy (non-hydrogen) atoms. The predicted octanol–water partition coefficient (Wildman–Crippen LogP) is 4.63. The van der Waals surface area contributed by atoms with E-state index in [0.29, 0.717) is 16.1 Å². The minimum absolute atomic E-state index is 0.0468. The molecule has 0 radical (unpaired) electrons. The molecule has 120 valence electrons. The molecule has 1 aromatic rings. The Bertz CT molecular complexity index is 442. The van der Waals surface area contributed by atoms with Crippen LogP contribution in [0.25, 0.3) is 0 Å². The summed E-state index contributed by atoms with van der Waals surface area (Å²) in [5, 5.41) is 4.93. The molecule has 1 N–H and O–H groups in total. The van der Waals surface area contributed by atoms with Crippen molar-refractivity contribution in [2.24, 2.45) is 0 Å². The van der Waals surface area contributed by atoms with Crippen LogP contribution in [0, 0.1) is 0 Å². The quantitative estimate of drug-likeness (QED) is 0.747. The number of likely N-dealkylation sites (N-methyl/N-ethyl adjacent to an activating group) is 2. The largest absolute Gasteiger partial charge is 0.312 e. The van der Waals surface area contributed by atoms with E-state index in [1.54, 1.807) is 0 Å². The average Bonchev–Trinajstić information content (AvgIpc) is 2.44. The van der Waals surface area contributed by atoms with Crippen LogP contribution in [0.5, 0.6) is 0 Å². The van der Waals surface area contributed by atoms with E-state index in [4.69, 9.17) is 23.2 Å². The highest BCUT2D eigenvalue weighted by molar-refractivity contribution is 6.42. The highest BCUT2D eigenvalue weighted by Crippen LogP contribution is 2.29. The van der Waals surface area contributed by atoms with Gasteiger partial charge in [-0.25, -0.2) is 0 Å². The monoisotopic (exact) mass is 330 g/mol. The van der Waals surface area contributed by atoms with E-state index in [1.165, 1.54) is 0 Å². The summed E-state index contributed by atoms with van der Waals surface area (Å²) in [6, 6.07) is 6.19. The minimum Gasteiger partial charge on any atom is -0.312 e. The van der Waals surface area contributed by atoms with Crippen molar-refractivity contribution in [2.75, 3.05) is 19.6 Å². The van der Waals surface area contributed by atoms with Crippen LogP contribution in [-0.4, -0.2) is 36.1 Å². The average molecular weight is 331 g/mol. The Morgan fingerprint density at radius 2 is 1.76 bits per heavy atom. The second-order valence-electron chi connectivity index (χ2n) is 5.85. The Hall–Kier alpha value is -0.280. The number of benzene rings is 1. The fourth-order valence-electron chi connectivity index (χ4n) is 3.00. The third-order valence-corrected chi connectivity index (χ3v) is 5.20. The van der Waals surface area contributed by atoms with E-state index >= 15 is 0 Å². The standard InChI is InChI=1S/C17H28Cl2N2/c1-6-20-15(17(4,5)21(7-2)8-3)12-13-10-9-11-14(18)16(13)19/h9-11,15,20H,6-8,12H2,1-5H3. The Labute approximate surface area is 139 Å². The molecule has 0 saturated carbocycles. The molecule has 0 bridgehead atoms. The first kappa shape index (κ1) is 18.8. The van der Waals surface area contributed by atoms with Crippen molar-refractivity contribution in [2.45, 2.75) is 52.6 Å². The van der Waals surface area contributed by atoms with E-state index in [1.807, 2.05) is 12.1 Å². The third kappa shape index (κ3) is 4.59. The van der Waals surface area contributed by atoms with Gasteiger partial charge < -0.3 is 5.32 Å². The minimum atomic E-state index is 0.0468. The van der Waals surface area contributed by atoms with Crippen LogP contribution in [0.3, 0.4) is 0 Å². The summed E-state index contributed by atoms with van der Waals surface area (Å²) >= 11 is 12.5. The van der Waals surface area contributed by atoms with Crippen molar-refractivity contribution >= 4 is 23.2 Å². The lowest BCUT2D eigenvalue weighted by Crippen LogP contribution is -2.58.